The molecule has 0 saturated heterocycles. The number of carboxylic acids is 1. The van der Waals surface area contributed by atoms with Crippen molar-refractivity contribution in [3.63, 3.8) is 0 Å². The minimum Gasteiger partial charge on any atom is -0.477 e. The third kappa shape index (κ3) is 2.82. The van der Waals surface area contributed by atoms with Gasteiger partial charge in [-0.2, -0.15) is 5.26 Å². The molecule has 0 unspecified atom stereocenters. The van der Waals surface area contributed by atoms with E-state index in [9.17, 15) is 4.79 Å². The van der Waals surface area contributed by atoms with Crippen molar-refractivity contribution >= 4 is 5.97 Å². The van der Waals surface area contributed by atoms with Crippen molar-refractivity contribution < 1.29 is 14.6 Å². The Morgan fingerprint density at radius 1 is 1.80 bits per heavy atom. The number of nitriles is 1. The Labute approximate surface area is 87.5 Å². The summed E-state index contributed by atoms with van der Waals surface area (Å²) < 4.78 is 6.63. The molecule has 1 atom stereocenters. The smallest absolute Gasteiger partial charge is 0.352 e. The molecule has 0 aromatic carbocycles. The largest absolute Gasteiger partial charge is 0.477 e. The summed E-state index contributed by atoms with van der Waals surface area (Å²) in [5.41, 5.74) is 0.204. The monoisotopic (exact) mass is 208 g/mol. The molecule has 1 N–H and O–H groups in total. The van der Waals surface area contributed by atoms with Crippen molar-refractivity contribution in [2.45, 2.75) is 19.1 Å². The molecule has 0 spiro atoms. The minimum atomic E-state index is -0.980. The van der Waals surface area contributed by atoms with Crippen molar-refractivity contribution in [2.75, 3.05) is 7.11 Å². The Morgan fingerprint density at radius 2 is 2.53 bits per heavy atom. The van der Waals surface area contributed by atoms with Gasteiger partial charge in [-0.1, -0.05) is 0 Å². The van der Waals surface area contributed by atoms with Crippen LogP contribution in [0.5, 0.6) is 0 Å². The molecular formula is C10H12N2O3. The standard InChI is InChI=1S/C10H12N2O3/c1-15-8(4-5-11)7-12-6-2-3-9(12)10(13)14/h2-3,6,8H,4,7H2,1H3,(H,13,14)/t8-/m0/s1. The average molecular weight is 208 g/mol. The van der Waals surface area contributed by atoms with E-state index in [0.29, 0.717) is 6.54 Å². The minimum absolute atomic E-state index is 0.204. The van der Waals surface area contributed by atoms with Crippen molar-refractivity contribution in [3.05, 3.63) is 24.0 Å². The van der Waals surface area contributed by atoms with Gasteiger partial charge in [0.2, 0.25) is 0 Å². The van der Waals surface area contributed by atoms with E-state index >= 15 is 0 Å². The highest BCUT2D eigenvalue weighted by Crippen LogP contribution is 2.07. The number of carboxylic acid groups (broad SMARTS) is 1. The first-order chi connectivity index (χ1) is 7.19. The average Bonchev–Trinajstić information content (AvgIpc) is 2.65. The molecule has 0 fully saturated rings. The maximum absolute atomic E-state index is 10.8. The molecule has 80 valence electrons. The fraction of sp³-hybridized carbons (Fsp3) is 0.400. The van der Waals surface area contributed by atoms with Crippen LogP contribution in [0.3, 0.4) is 0 Å². The lowest BCUT2D eigenvalue weighted by Crippen LogP contribution is -2.20. The highest BCUT2D eigenvalue weighted by molar-refractivity contribution is 5.85. The van der Waals surface area contributed by atoms with Crippen LogP contribution in [0.15, 0.2) is 18.3 Å². The van der Waals surface area contributed by atoms with Gasteiger partial charge in [-0.25, -0.2) is 4.79 Å². The van der Waals surface area contributed by atoms with E-state index in [-0.39, 0.29) is 18.2 Å². The molecule has 0 saturated carbocycles. The van der Waals surface area contributed by atoms with E-state index in [2.05, 4.69) is 0 Å². The number of hydrogen-bond acceptors (Lipinski definition) is 3. The number of nitrogens with zero attached hydrogens (tertiary/aromatic N) is 2. The zero-order valence-corrected chi connectivity index (χ0v) is 8.38. The first-order valence-corrected chi connectivity index (χ1v) is 4.47. The van der Waals surface area contributed by atoms with Crippen LogP contribution >= 0.6 is 0 Å². The van der Waals surface area contributed by atoms with Crippen molar-refractivity contribution in [1.82, 2.24) is 4.57 Å². The van der Waals surface area contributed by atoms with Gasteiger partial charge >= 0.3 is 5.97 Å². The second kappa shape index (κ2) is 5.17. The molecule has 1 heterocycles. The molecule has 5 heteroatoms. The summed E-state index contributed by atoms with van der Waals surface area (Å²) in [4.78, 5) is 10.8. The topological polar surface area (TPSA) is 75.2 Å². The van der Waals surface area contributed by atoms with Gasteiger partial charge in [0.25, 0.3) is 0 Å². The van der Waals surface area contributed by atoms with Crippen LogP contribution in [0.4, 0.5) is 0 Å². The maximum Gasteiger partial charge on any atom is 0.352 e. The fourth-order valence-corrected chi connectivity index (χ4v) is 1.31. The number of aromatic carboxylic acids is 1. The Bertz CT molecular complexity index is 378. The van der Waals surface area contributed by atoms with Gasteiger partial charge in [0, 0.05) is 13.3 Å². The maximum atomic E-state index is 10.8. The van der Waals surface area contributed by atoms with E-state index < -0.39 is 5.97 Å². The molecule has 0 aliphatic heterocycles. The van der Waals surface area contributed by atoms with Crippen LogP contribution in [0, 0.1) is 11.3 Å². The Morgan fingerprint density at radius 3 is 3.07 bits per heavy atom. The van der Waals surface area contributed by atoms with E-state index in [1.807, 2.05) is 6.07 Å². The van der Waals surface area contributed by atoms with E-state index in [0.717, 1.165) is 0 Å². The summed E-state index contributed by atoms with van der Waals surface area (Å²) in [6.07, 6.45) is 1.63. The summed E-state index contributed by atoms with van der Waals surface area (Å²) in [6, 6.07) is 5.16. The van der Waals surface area contributed by atoms with E-state index in [1.54, 1.807) is 16.8 Å². The number of methoxy groups -OCH3 is 1. The second-order valence-corrected chi connectivity index (χ2v) is 3.07. The van der Waals surface area contributed by atoms with Gasteiger partial charge in [-0.15, -0.1) is 0 Å². The van der Waals surface area contributed by atoms with Gasteiger partial charge in [-0.3, -0.25) is 0 Å². The zero-order chi connectivity index (χ0) is 11.3. The molecule has 0 radical (unpaired) electrons. The van der Waals surface area contributed by atoms with Gasteiger partial charge < -0.3 is 14.4 Å². The summed E-state index contributed by atoms with van der Waals surface area (Å²) in [7, 11) is 1.51. The molecule has 5 nitrogen and oxygen atoms in total. The molecule has 0 aliphatic carbocycles. The van der Waals surface area contributed by atoms with Crippen LogP contribution < -0.4 is 0 Å². The van der Waals surface area contributed by atoms with E-state index in [1.165, 1.54) is 13.2 Å². The second-order valence-electron chi connectivity index (χ2n) is 3.07. The predicted molar refractivity (Wildman–Crippen MR) is 52.4 cm³/mol. The Kier molecular flexibility index (Phi) is 3.89. The van der Waals surface area contributed by atoms with Crippen molar-refractivity contribution in [3.8, 4) is 6.07 Å². The summed E-state index contributed by atoms with van der Waals surface area (Å²) >= 11 is 0. The summed E-state index contributed by atoms with van der Waals surface area (Å²) in [5.74, 6) is -0.980. The molecule has 0 bridgehead atoms. The van der Waals surface area contributed by atoms with Gasteiger partial charge in [0.05, 0.1) is 25.1 Å². The molecule has 0 aliphatic rings. The number of ether oxygens (including phenoxy) is 1. The summed E-state index contributed by atoms with van der Waals surface area (Å²) in [6.45, 7) is 0.374. The van der Waals surface area contributed by atoms with Gasteiger partial charge in [0.15, 0.2) is 0 Å². The lowest BCUT2D eigenvalue weighted by atomic mass is 10.2. The van der Waals surface area contributed by atoms with E-state index in [4.69, 9.17) is 15.1 Å². The van der Waals surface area contributed by atoms with Crippen molar-refractivity contribution in [2.24, 2.45) is 0 Å². The number of carbonyl (C=O) groups is 1. The van der Waals surface area contributed by atoms with Crippen molar-refractivity contribution in [1.29, 1.82) is 5.26 Å². The molecule has 15 heavy (non-hydrogen) atoms. The molecule has 0 amide bonds. The SMILES string of the molecule is CO[C@@H](CC#N)Cn1cccc1C(=O)O. The van der Waals surface area contributed by atoms with Crippen LogP contribution in [0.1, 0.15) is 16.9 Å². The molecule has 1 aromatic heterocycles. The Balaban J connectivity index is 2.75. The molecular weight excluding hydrogens is 196 g/mol. The quantitative estimate of drug-likeness (QED) is 0.786. The fourth-order valence-electron chi connectivity index (χ4n) is 1.31. The normalized spacial score (nSPS) is 12.0. The predicted octanol–water partition coefficient (Wildman–Crippen LogP) is 1.11. The highest BCUT2D eigenvalue weighted by atomic mass is 16.5. The number of rotatable bonds is 5. The lowest BCUT2D eigenvalue weighted by Gasteiger charge is -2.13. The lowest BCUT2D eigenvalue weighted by molar-refractivity contribution is 0.0666. The zero-order valence-electron chi connectivity index (χ0n) is 8.38. The first kappa shape index (κ1) is 11.3. The number of aromatic nitrogens is 1. The van der Waals surface area contributed by atoms with Crippen LogP contribution in [-0.2, 0) is 11.3 Å². The Hall–Kier alpha value is -1.80. The van der Waals surface area contributed by atoms with Gasteiger partial charge in [-0.05, 0) is 12.1 Å². The first-order valence-electron chi connectivity index (χ1n) is 4.47. The summed E-state index contributed by atoms with van der Waals surface area (Å²) in [5, 5.41) is 17.4. The molecule has 1 aromatic rings. The van der Waals surface area contributed by atoms with Crippen LogP contribution in [0.2, 0.25) is 0 Å². The van der Waals surface area contributed by atoms with Crippen LogP contribution in [-0.4, -0.2) is 28.9 Å². The highest BCUT2D eigenvalue weighted by Gasteiger charge is 2.13. The number of hydrogen-bond donors (Lipinski definition) is 1. The van der Waals surface area contributed by atoms with Crippen LogP contribution in [0.25, 0.3) is 0 Å². The van der Waals surface area contributed by atoms with Gasteiger partial charge in [0.1, 0.15) is 5.69 Å². The third-order valence-corrected chi connectivity index (χ3v) is 2.10. The third-order valence-electron chi connectivity index (χ3n) is 2.10. The molecule has 1 rings (SSSR count).